The summed E-state index contributed by atoms with van der Waals surface area (Å²) in [5, 5.41) is 9.31. The minimum Gasteiger partial charge on any atom is -0.381 e. The number of carbonyl (C=O) groups is 1. The van der Waals surface area contributed by atoms with Gasteiger partial charge in [0.15, 0.2) is 0 Å². The third-order valence-corrected chi connectivity index (χ3v) is 6.86. The molecule has 1 aliphatic rings. The Morgan fingerprint density at radius 2 is 1.91 bits per heavy atom. The number of benzene rings is 2. The van der Waals surface area contributed by atoms with E-state index in [4.69, 9.17) is 10.5 Å². The van der Waals surface area contributed by atoms with E-state index in [1.165, 1.54) is 12.1 Å². The number of aromatic amines is 1. The molecule has 0 atom stereocenters. The third kappa shape index (κ3) is 3.57. The second-order valence-electron chi connectivity index (χ2n) is 9.04. The van der Waals surface area contributed by atoms with Crippen LogP contribution < -0.4 is 5.73 Å². The van der Waals surface area contributed by atoms with Gasteiger partial charge in [0.25, 0.3) is 5.91 Å². The van der Waals surface area contributed by atoms with E-state index in [0.717, 1.165) is 62.7 Å². The number of nitrogens with two attached hydrogens (primary N) is 1. The summed E-state index contributed by atoms with van der Waals surface area (Å²) >= 11 is 0. The number of nitrogens with zero attached hydrogens (tertiary/aromatic N) is 3. The van der Waals surface area contributed by atoms with E-state index in [9.17, 15) is 9.18 Å². The lowest BCUT2D eigenvalue weighted by Crippen LogP contribution is -2.18. The van der Waals surface area contributed by atoms with Crippen molar-refractivity contribution in [1.82, 2.24) is 19.7 Å². The monoisotopic (exact) mass is 469 g/mol. The number of amides is 1. The van der Waals surface area contributed by atoms with Crippen LogP contribution in [-0.4, -0.2) is 38.9 Å². The van der Waals surface area contributed by atoms with Crippen LogP contribution in [0.5, 0.6) is 0 Å². The average molecular weight is 470 g/mol. The van der Waals surface area contributed by atoms with Crippen molar-refractivity contribution in [3.8, 4) is 16.8 Å². The Morgan fingerprint density at radius 3 is 2.63 bits per heavy atom. The number of aryl methyl sites for hydroxylation is 1. The third-order valence-electron chi connectivity index (χ3n) is 6.86. The standard InChI is InChI=1S/C27H24FN5O2/c1-15-10-18(13-30-25(15)27(29)34)24-21-12-22-17(14-31-32-22)11-23(21)33(20-4-2-19(28)3-5-20)26(24)16-6-8-35-9-7-16/h2-5,10-14,16H,6-9H2,1H3,(H2,29,34)(H,31,32). The zero-order chi connectivity index (χ0) is 24.1. The molecule has 5 aromatic rings. The molecule has 0 spiro atoms. The van der Waals surface area contributed by atoms with E-state index in [-0.39, 0.29) is 17.4 Å². The first-order valence-electron chi connectivity index (χ1n) is 11.6. The molecule has 3 N–H and O–H groups in total. The number of primary amides is 1. The van der Waals surface area contributed by atoms with E-state index in [0.29, 0.717) is 13.2 Å². The van der Waals surface area contributed by atoms with Crippen LogP contribution >= 0.6 is 0 Å². The van der Waals surface area contributed by atoms with Crippen LogP contribution in [0.3, 0.4) is 0 Å². The molecule has 176 valence electrons. The normalized spacial score (nSPS) is 14.7. The fraction of sp³-hybridized carbons (Fsp3) is 0.222. The van der Waals surface area contributed by atoms with Gasteiger partial charge in [0.05, 0.1) is 17.2 Å². The smallest absolute Gasteiger partial charge is 0.267 e. The molecule has 0 radical (unpaired) electrons. The number of ether oxygens (including phenoxy) is 1. The van der Waals surface area contributed by atoms with Crippen molar-refractivity contribution in [2.75, 3.05) is 13.2 Å². The van der Waals surface area contributed by atoms with Crippen LogP contribution in [0.15, 0.2) is 54.9 Å². The van der Waals surface area contributed by atoms with E-state index < -0.39 is 5.91 Å². The van der Waals surface area contributed by atoms with Crippen LogP contribution in [-0.2, 0) is 4.74 Å². The molecular formula is C27H24FN5O2. The second-order valence-corrected chi connectivity index (χ2v) is 9.04. The highest BCUT2D eigenvalue weighted by Gasteiger charge is 2.28. The summed E-state index contributed by atoms with van der Waals surface area (Å²) in [4.78, 5) is 16.2. The molecule has 35 heavy (non-hydrogen) atoms. The maximum absolute atomic E-state index is 13.9. The Balaban J connectivity index is 1.73. The maximum Gasteiger partial charge on any atom is 0.267 e. The van der Waals surface area contributed by atoms with Crippen molar-refractivity contribution in [1.29, 1.82) is 0 Å². The van der Waals surface area contributed by atoms with Gasteiger partial charge in [0.2, 0.25) is 0 Å². The Bertz CT molecular complexity index is 1580. The molecule has 1 aliphatic heterocycles. The Hall–Kier alpha value is -4.04. The van der Waals surface area contributed by atoms with Crippen molar-refractivity contribution in [2.24, 2.45) is 5.73 Å². The number of hydrogen-bond acceptors (Lipinski definition) is 4. The van der Waals surface area contributed by atoms with Crippen molar-refractivity contribution < 1.29 is 13.9 Å². The van der Waals surface area contributed by atoms with Crippen LogP contribution in [0.2, 0.25) is 0 Å². The molecular weight excluding hydrogens is 445 g/mol. The summed E-state index contributed by atoms with van der Waals surface area (Å²) in [7, 11) is 0. The molecule has 4 heterocycles. The van der Waals surface area contributed by atoms with Gasteiger partial charge in [-0.05, 0) is 67.8 Å². The highest BCUT2D eigenvalue weighted by Crippen LogP contribution is 2.44. The van der Waals surface area contributed by atoms with E-state index in [1.807, 2.05) is 13.0 Å². The van der Waals surface area contributed by atoms with Crippen molar-refractivity contribution in [3.05, 3.63) is 77.6 Å². The number of fused-ring (bicyclic) bond motifs is 2. The first kappa shape index (κ1) is 21.5. The molecule has 1 saturated heterocycles. The van der Waals surface area contributed by atoms with Crippen molar-refractivity contribution in [2.45, 2.75) is 25.7 Å². The fourth-order valence-electron chi connectivity index (χ4n) is 5.24. The van der Waals surface area contributed by atoms with E-state index in [2.05, 4.69) is 31.9 Å². The summed E-state index contributed by atoms with van der Waals surface area (Å²) < 4.78 is 21.8. The molecule has 3 aromatic heterocycles. The average Bonchev–Trinajstić information content (AvgIpc) is 3.45. The summed E-state index contributed by atoms with van der Waals surface area (Å²) in [5.74, 6) is -0.604. The number of H-pyrrole nitrogens is 1. The lowest BCUT2D eigenvalue weighted by Gasteiger charge is -2.26. The Kier molecular flexibility index (Phi) is 5.11. The molecule has 2 aromatic carbocycles. The zero-order valence-corrected chi connectivity index (χ0v) is 19.2. The quantitative estimate of drug-likeness (QED) is 0.387. The van der Waals surface area contributed by atoms with Gasteiger partial charge < -0.3 is 15.0 Å². The SMILES string of the molecule is Cc1cc(-c2c(C3CCOCC3)n(-c3ccc(F)cc3)c3cc4cn[nH]c4cc23)cnc1C(N)=O. The number of hydrogen-bond donors (Lipinski definition) is 2. The van der Waals surface area contributed by atoms with Crippen LogP contribution in [0.1, 0.15) is 40.5 Å². The Morgan fingerprint density at radius 1 is 1.14 bits per heavy atom. The molecule has 8 heteroatoms. The molecule has 0 unspecified atom stereocenters. The number of nitrogens with one attached hydrogen (secondary N) is 1. The van der Waals surface area contributed by atoms with Gasteiger partial charge in [-0.1, -0.05) is 0 Å². The Labute approximate surface area is 200 Å². The van der Waals surface area contributed by atoms with E-state index >= 15 is 0 Å². The van der Waals surface area contributed by atoms with Gasteiger partial charge >= 0.3 is 0 Å². The zero-order valence-electron chi connectivity index (χ0n) is 19.2. The summed E-state index contributed by atoms with van der Waals surface area (Å²) in [6.07, 6.45) is 5.26. The predicted molar refractivity (Wildman–Crippen MR) is 132 cm³/mol. The maximum atomic E-state index is 13.9. The summed E-state index contributed by atoms with van der Waals surface area (Å²) in [5.41, 5.74) is 12.4. The summed E-state index contributed by atoms with van der Waals surface area (Å²) in [6.45, 7) is 3.20. The number of carbonyl (C=O) groups excluding carboxylic acids is 1. The van der Waals surface area contributed by atoms with Crippen LogP contribution in [0.4, 0.5) is 4.39 Å². The van der Waals surface area contributed by atoms with E-state index in [1.54, 1.807) is 24.5 Å². The lowest BCUT2D eigenvalue weighted by molar-refractivity contribution is 0.0843. The number of halogens is 1. The second kappa shape index (κ2) is 8.32. The largest absolute Gasteiger partial charge is 0.381 e. The molecule has 0 aliphatic carbocycles. The molecule has 6 rings (SSSR count). The highest BCUT2D eigenvalue weighted by atomic mass is 19.1. The van der Waals surface area contributed by atoms with Gasteiger partial charge in [0.1, 0.15) is 11.5 Å². The van der Waals surface area contributed by atoms with Crippen molar-refractivity contribution >= 4 is 27.7 Å². The van der Waals surface area contributed by atoms with Gasteiger partial charge in [-0.2, -0.15) is 5.10 Å². The van der Waals surface area contributed by atoms with Gasteiger partial charge in [-0.3, -0.25) is 14.9 Å². The topological polar surface area (TPSA) is 98.8 Å². The number of aromatic nitrogens is 4. The predicted octanol–water partition coefficient (Wildman–Crippen LogP) is 5.01. The molecule has 7 nitrogen and oxygen atoms in total. The lowest BCUT2D eigenvalue weighted by atomic mass is 9.90. The van der Waals surface area contributed by atoms with Crippen LogP contribution in [0.25, 0.3) is 38.6 Å². The number of pyridine rings is 1. The van der Waals surface area contributed by atoms with Gasteiger partial charge in [-0.25, -0.2) is 4.39 Å². The molecule has 1 fully saturated rings. The minimum absolute atomic E-state index is 0.226. The van der Waals surface area contributed by atoms with Gasteiger partial charge in [0, 0.05) is 58.6 Å². The van der Waals surface area contributed by atoms with Gasteiger partial charge in [-0.15, -0.1) is 0 Å². The summed E-state index contributed by atoms with van der Waals surface area (Å²) in [6, 6.07) is 12.8. The molecule has 0 bridgehead atoms. The first-order valence-corrected chi connectivity index (χ1v) is 11.6. The minimum atomic E-state index is -0.549. The fourth-order valence-corrected chi connectivity index (χ4v) is 5.24. The first-order chi connectivity index (χ1) is 17.0. The number of rotatable bonds is 4. The van der Waals surface area contributed by atoms with Crippen LogP contribution in [0, 0.1) is 12.7 Å². The van der Waals surface area contributed by atoms with Crippen molar-refractivity contribution in [3.63, 3.8) is 0 Å². The highest BCUT2D eigenvalue weighted by molar-refractivity contribution is 6.06. The molecule has 1 amide bonds. The molecule has 0 saturated carbocycles.